The number of nitrogens with one attached hydrogen (secondary N) is 1. The molecule has 1 N–H and O–H groups in total. The molecule has 128 valence electrons. The van der Waals surface area contributed by atoms with E-state index in [1.165, 1.54) is 5.56 Å². The van der Waals surface area contributed by atoms with Gasteiger partial charge in [-0.15, -0.1) is 0 Å². The second-order valence-corrected chi connectivity index (χ2v) is 6.81. The molecule has 0 bridgehead atoms. The first kappa shape index (κ1) is 18.7. The van der Waals surface area contributed by atoms with Crippen molar-refractivity contribution in [2.24, 2.45) is 0 Å². The smallest absolute Gasteiger partial charge is 0.228 e. The fourth-order valence-electron chi connectivity index (χ4n) is 2.06. The number of pyridine rings is 1. The third kappa shape index (κ3) is 4.68. The summed E-state index contributed by atoms with van der Waals surface area (Å²) in [5.74, 6) is 0.580. The lowest BCUT2D eigenvalue weighted by Gasteiger charge is -2.20. The van der Waals surface area contributed by atoms with Crippen molar-refractivity contribution in [1.29, 1.82) is 0 Å². The van der Waals surface area contributed by atoms with Crippen LogP contribution in [-0.4, -0.2) is 28.6 Å². The van der Waals surface area contributed by atoms with Crippen molar-refractivity contribution < 1.29 is 4.74 Å². The first-order valence-electron chi connectivity index (χ1n) is 7.79. The highest BCUT2D eigenvalue weighted by Crippen LogP contribution is 2.29. The molecule has 0 unspecified atom stereocenters. The number of aromatic nitrogens is 1. The summed E-state index contributed by atoms with van der Waals surface area (Å²) in [5.41, 5.74) is 4.06. The zero-order valence-electron chi connectivity index (χ0n) is 14.4. The maximum absolute atomic E-state index is 5.88. The zero-order chi connectivity index (χ0) is 17.7. The van der Waals surface area contributed by atoms with Gasteiger partial charge < -0.3 is 15.0 Å². The molecule has 0 aliphatic carbocycles. The highest BCUT2D eigenvalue weighted by molar-refractivity contribution is 9.10. The van der Waals surface area contributed by atoms with Crippen LogP contribution < -0.4 is 10.1 Å². The number of nitrogens with zero attached hydrogens (tertiary/aromatic N) is 2. The number of ether oxygens (including phenoxy) is 1. The van der Waals surface area contributed by atoms with Crippen molar-refractivity contribution in [3.05, 3.63) is 51.6 Å². The Morgan fingerprint density at radius 2 is 2.04 bits per heavy atom. The molecule has 2 rings (SSSR count). The van der Waals surface area contributed by atoms with Crippen LogP contribution in [0, 0.1) is 13.8 Å². The Balaban J connectivity index is 2.12. The average Bonchev–Trinajstić information content (AvgIpc) is 2.57. The summed E-state index contributed by atoms with van der Waals surface area (Å²) in [6.45, 7) is 7.39. The van der Waals surface area contributed by atoms with Gasteiger partial charge in [0, 0.05) is 13.6 Å². The first-order chi connectivity index (χ1) is 11.4. The second-order valence-electron chi connectivity index (χ2n) is 5.57. The van der Waals surface area contributed by atoms with Gasteiger partial charge in [-0.2, -0.15) is 0 Å². The van der Waals surface area contributed by atoms with E-state index in [4.69, 9.17) is 17.0 Å². The van der Waals surface area contributed by atoms with Gasteiger partial charge in [-0.05, 0) is 66.1 Å². The zero-order valence-corrected chi connectivity index (χ0v) is 16.8. The number of anilines is 1. The third-order valence-corrected chi connectivity index (χ3v) is 4.80. The van der Waals surface area contributed by atoms with E-state index in [9.17, 15) is 0 Å². The first-order valence-corrected chi connectivity index (χ1v) is 8.99. The Bertz CT molecular complexity index is 736. The van der Waals surface area contributed by atoms with Crippen molar-refractivity contribution in [1.82, 2.24) is 9.88 Å². The molecule has 1 aromatic heterocycles. The van der Waals surface area contributed by atoms with Crippen LogP contribution in [0.1, 0.15) is 23.7 Å². The van der Waals surface area contributed by atoms with Crippen LogP contribution in [0.4, 0.5) is 5.69 Å². The number of thiocarbonyl (C=S) groups is 1. The van der Waals surface area contributed by atoms with E-state index >= 15 is 0 Å². The molecule has 0 aliphatic rings. The number of hydrogen-bond acceptors (Lipinski definition) is 3. The third-order valence-electron chi connectivity index (χ3n) is 3.82. The minimum atomic E-state index is 0.488. The molecule has 0 radical (unpaired) electrons. The molecular formula is C18H22BrN3OS. The second kappa shape index (κ2) is 8.44. The van der Waals surface area contributed by atoms with Gasteiger partial charge in [0.25, 0.3) is 0 Å². The van der Waals surface area contributed by atoms with Crippen molar-refractivity contribution >= 4 is 38.9 Å². The number of benzene rings is 1. The molecule has 0 spiro atoms. The van der Waals surface area contributed by atoms with E-state index in [0.717, 1.165) is 28.0 Å². The standard InChI is InChI=1S/C18H22BrN3OS/c1-5-22(4)18(24)21-16-10-15(19)17(20-13(16)3)23-11-14-9-7-6-8-12(14)2/h6-10H,5,11H2,1-4H3,(H,21,24). The summed E-state index contributed by atoms with van der Waals surface area (Å²) in [7, 11) is 1.95. The Labute approximate surface area is 157 Å². The van der Waals surface area contributed by atoms with Gasteiger partial charge >= 0.3 is 0 Å². The molecule has 0 aliphatic heterocycles. The van der Waals surface area contributed by atoms with Crippen LogP contribution >= 0.6 is 28.1 Å². The average molecular weight is 408 g/mol. The van der Waals surface area contributed by atoms with E-state index in [1.54, 1.807) is 0 Å². The molecule has 0 fully saturated rings. The molecule has 0 amide bonds. The van der Waals surface area contributed by atoms with Crippen LogP contribution in [0.3, 0.4) is 0 Å². The number of hydrogen-bond donors (Lipinski definition) is 1. The number of halogens is 1. The van der Waals surface area contributed by atoms with Gasteiger partial charge in [0.15, 0.2) is 5.11 Å². The summed E-state index contributed by atoms with van der Waals surface area (Å²) < 4.78 is 6.68. The summed E-state index contributed by atoms with van der Waals surface area (Å²) in [4.78, 5) is 6.51. The van der Waals surface area contributed by atoms with Gasteiger partial charge in [-0.1, -0.05) is 24.3 Å². The molecule has 6 heteroatoms. The summed E-state index contributed by atoms with van der Waals surface area (Å²) in [5, 5.41) is 3.89. The van der Waals surface area contributed by atoms with E-state index in [0.29, 0.717) is 17.6 Å². The molecular weight excluding hydrogens is 386 g/mol. The Morgan fingerprint density at radius 3 is 2.71 bits per heavy atom. The maximum Gasteiger partial charge on any atom is 0.228 e. The minimum Gasteiger partial charge on any atom is -0.472 e. The maximum atomic E-state index is 5.88. The van der Waals surface area contributed by atoms with Crippen LogP contribution in [0.2, 0.25) is 0 Å². The van der Waals surface area contributed by atoms with Gasteiger partial charge in [0.2, 0.25) is 5.88 Å². The molecule has 0 saturated heterocycles. The van der Waals surface area contributed by atoms with E-state index in [-0.39, 0.29) is 0 Å². The highest BCUT2D eigenvalue weighted by atomic mass is 79.9. The van der Waals surface area contributed by atoms with Crippen molar-refractivity contribution in [3.63, 3.8) is 0 Å². The highest BCUT2D eigenvalue weighted by Gasteiger charge is 2.11. The minimum absolute atomic E-state index is 0.488. The Hall–Kier alpha value is -1.66. The van der Waals surface area contributed by atoms with E-state index in [1.807, 2.05) is 37.1 Å². The molecule has 0 atom stereocenters. The number of rotatable bonds is 5. The van der Waals surface area contributed by atoms with Crippen LogP contribution in [-0.2, 0) is 6.61 Å². The summed E-state index contributed by atoms with van der Waals surface area (Å²) in [6.07, 6.45) is 0. The normalized spacial score (nSPS) is 10.4. The van der Waals surface area contributed by atoms with E-state index in [2.05, 4.69) is 52.2 Å². The molecule has 24 heavy (non-hydrogen) atoms. The van der Waals surface area contributed by atoms with Gasteiger partial charge in [0.1, 0.15) is 6.61 Å². The molecule has 2 aromatic rings. The SMILES string of the molecule is CCN(C)C(=S)Nc1cc(Br)c(OCc2ccccc2C)nc1C. The molecule has 1 aromatic carbocycles. The fraction of sp³-hybridized carbons (Fsp3) is 0.333. The largest absolute Gasteiger partial charge is 0.472 e. The van der Waals surface area contributed by atoms with Crippen molar-refractivity contribution in [2.75, 3.05) is 18.9 Å². The van der Waals surface area contributed by atoms with E-state index < -0.39 is 0 Å². The molecule has 4 nitrogen and oxygen atoms in total. The lowest BCUT2D eigenvalue weighted by Crippen LogP contribution is -2.31. The molecule has 0 saturated carbocycles. The van der Waals surface area contributed by atoms with Crippen LogP contribution in [0.15, 0.2) is 34.8 Å². The lowest BCUT2D eigenvalue weighted by atomic mass is 10.1. The van der Waals surface area contributed by atoms with Crippen LogP contribution in [0.25, 0.3) is 0 Å². The van der Waals surface area contributed by atoms with Crippen molar-refractivity contribution in [2.45, 2.75) is 27.4 Å². The van der Waals surface area contributed by atoms with Crippen LogP contribution in [0.5, 0.6) is 5.88 Å². The predicted octanol–water partition coefficient (Wildman–Crippen LogP) is 4.69. The topological polar surface area (TPSA) is 37.4 Å². The monoisotopic (exact) mass is 407 g/mol. The fourth-order valence-corrected chi connectivity index (χ4v) is 2.73. The van der Waals surface area contributed by atoms with Gasteiger partial charge in [-0.25, -0.2) is 4.98 Å². The van der Waals surface area contributed by atoms with Gasteiger partial charge in [0.05, 0.1) is 15.9 Å². The summed E-state index contributed by atoms with van der Waals surface area (Å²) >= 11 is 8.90. The number of aryl methyl sites for hydroxylation is 2. The quantitative estimate of drug-likeness (QED) is 0.727. The van der Waals surface area contributed by atoms with Gasteiger partial charge in [-0.3, -0.25) is 0 Å². The Morgan fingerprint density at radius 1 is 1.33 bits per heavy atom. The van der Waals surface area contributed by atoms with Crippen molar-refractivity contribution in [3.8, 4) is 5.88 Å². The Kier molecular flexibility index (Phi) is 6.57. The summed E-state index contributed by atoms with van der Waals surface area (Å²) in [6, 6.07) is 10.1. The lowest BCUT2D eigenvalue weighted by molar-refractivity contribution is 0.290. The predicted molar refractivity (Wildman–Crippen MR) is 107 cm³/mol. The molecule has 1 heterocycles.